The third kappa shape index (κ3) is 5.60. The second-order valence-electron chi connectivity index (χ2n) is 8.34. The number of nitrogens with one attached hydrogen (secondary N) is 1. The van der Waals surface area contributed by atoms with Crippen LogP contribution in [0, 0.1) is 6.92 Å². The van der Waals surface area contributed by atoms with Crippen LogP contribution >= 0.6 is 11.3 Å². The number of amides is 1. The van der Waals surface area contributed by atoms with Crippen LogP contribution in [0.25, 0.3) is 11.1 Å². The summed E-state index contributed by atoms with van der Waals surface area (Å²) in [7, 11) is 0. The van der Waals surface area contributed by atoms with Gasteiger partial charge in [0.2, 0.25) is 0 Å². The van der Waals surface area contributed by atoms with E-state index < -0.39 is 5.97 Å². The molecule has 0 aliphatic rings. The zero-order chi connectivity index (χ0) is 25.7. The van der Waals surface area contributed by atoms with Crippen LogP contribution in [0.5, 0.6) is 5.75 Å². The van der Waals surface area contributed by atoms with Crippen LogP contribution in [0.2, 0.25) is 0 Å². The van der Waals surface area contributed by atoms with Crippen molar-refractivity contribution in [3.05, 3.63) is 76.4 Å². The van der Waals surface area contributed by atoms with Crippen molar-refractivity contribution in [2.75, 3.05) is 11.9 Å². The van der Waals surface area contributed by atoms with E-state index in [2.05, 4.69) is 20.8 Å². The number of hydrogen-bond acceptors (Lipinski definition) is 8. The highest BCUT2D eigenvalue weighted by molar-refractivity contribution is 7.15. The van der Waals surface area contributed by atoms with Gasteiger partial charge in [-0.15, -0.1) is 16.4 Å². The normalized spacial score (nSPS) is 10.9. The molecule has 0 spiro atoms. The Labute approximate surface area is 213 Å². The van der Waals surface area contributed by atoms with Gasteiger partial charge in [-0.1, -0.05) is 29.8 Å². The smallest absolute Gasteiger partial charge is 0.341 e. The summed E-state index contributed by atoms with van der Waals surface area (Å²) in [6, 6.07) is 14.7. The average Bonchev–Trinajstić information content (AvgIpc) is 3.51. The van der Waals surface area contributed by atoms with Gasteiger partial charge in [-0.05, 0) is 68.0 Å². The lowest BCUT2D eigenvalue weighted by molar-refractivity contribution is 0.0529. The lowest BCUT2D eigenvalue weighted by Crippen LogP contribution is -2.15. The van der Waals surface area contributed by atoms with Gasteiger partial charge >= 0.3 is 5.97 Å². The summed E-state index contributed by atoms with van der Waals surface area (Å²) in [5.41, 5.74) is 3.49. The van der Waals surface area contributed by atoms with Gasteiger partial charge in [-0.3, -0.25) is 4.79 Å². The van der Waals surface area contributed by atoms with E-state index >= 15 is 0 Å². The molecular weight excluding hydrogens is 478 g/mol. The summed E-state index contributed by atoms with van der Waals surface area (Å²) >= 11 is 1.29. The van der Waals surface area contributed by atoms with E-state index in [1.807, 2.05) is 50.4 Å². The Morgan fingerprint density at radius 2 is 1.81 bits per heavy atom. The minimum absolute atomic E-state index is 0.118. The number of hydrogen-bond donors (Lipinski definition) is 1. The monoisotopic (exact) mass is 505 g/mol. The first-order valence-electron chi connectivity index (χ1n) is 11.5. The lowest BCUT2D eigenvalue weighted by Gasteiger charge is -2.10. The molecule has 0 aliphatic carbocycles. The highest BCUT2D eigenvalue weighted by Gasteiger charge is 2.23. The van der Waals surface area contributed by atoms with Crippen molar-refractivity contribution in [2.24, 2.45) is 0 Å². The third-order valence-electron chi connectivity index (χ3n) is 5.39. The molecule has 2 heterocycles. The standard InChI is InChI=1S/C26H27N5O4S/c1-5-34-26(33)23-21(18-8-6-17(4)7-9-18)15-36-25(23)27-24(32)19-10-12-20(13-11-19)35-14-22-28-29-30-31(22)16(2)3/h6-13,15-16H,5,14H2,1-4H3,(H,27,32). The zero-order valence-electron chi connectivity index (χ0n) is 20.5. The van der Waals surface area contributed by atoms with E-state index in [9.17, 15) is 9.59 Å². The molecule has 1 N–H and O–H groups in total. The van der Waals surface area contributed by atoms with Gasteiger partial charge in [-0.25, -0.2) is 9.48 Å². The lowest BCUT2D eigenvalue weighted by atomic mass is 10.0. The number of aryl methyl sites for hydroxylation is 1. The topological polar surface area (TPSA) is 108 Å². The van der Waals surface area contributed by atoms with Gasteiger partial charge in [0.25, 0.3) is 5.91 Å². The number of anilines is 1. The Balaban J connectivity index is 1.49. The number of esters is 1. The highest BCUT2D eigenvalue weighted by atomic mass is 32.1. The molecule has 1 amide bonds. The van der Waals surface area contributed by atoms with Crippen molar-refractivity contribution in [3.63, 3.8) is 0 Å². The molecule has 0 unspecified atom stereocenters. The maximum Gasteiger partial charge on any atom is 0.341 e. The molecule has 10 heteroatoms. The van der Waals surface area contributed by atoms with Crippen LogP contribution in [-0.2, 0) is 11.3 Å². The fourth-order valence-corrected chi connectivity index (χ4v) is 4.49. The van der Waals surface area contributed by atoms with Gasteiger partial charge in [-0.2, -0.15) is 0 Å². The molecule has 0 bridgehead atoms. The minimum Gasteiger partial charge on any atom is -0.486 e. The van der Waals surface area contributed by atoms with E-state index in [4.69, 9.17) is 9.47 Å². The summed E-state index contributed by atoms with van der Waals surface area (Å²) in [5, 5.41) is 16.8. The molecule has 4 rings (SSSR count). The highest BCUT2D eigenvalue weighted by Crippen LogP contribution is 2.36. The minimum atomic E-state index is -0.475. The van der Waals surface area contributed by atoms with Gasteiger partial charge in [0, 0.05) is 16.5 Å². The summed E-state index contributed by atoms with van der Waals surface area (Å²) in [6.07, 6.45) is 0. The molecule has 0 radical (unpaired) electrons. The fourth-order valence-electron chi connectivity index (χ4n) is 3.54. The number of carbonyl (C=O) groups is 2. The molecule has 2 aromatic carbocycles. The Morgan fingerprint density at radius 3 is 2.47 bits per heavy atom. The maximum atomic E-state index is 13.0. The molecule has 36 heavy (non-hydrogen) atoms. The first kappa shape index (κ1) is 25.1. The molecule has 0 atom stereocenters. The zero-order valence-corrected chi connectivity index (χ0v) is 21.3. The number of rotatable bonds is 9. The molecule has 2 aromatic heterocycles. The largest absolute Gasteiger partial charge is 0.486 e. The van der Waals surface area contributed by atoms with Crippen LogP contribution < -0.4 is 10.1 Å². The average molecular weight is 506 g/mol. The van der Waals surface area contributed by atoms with Crippen molar-refractivity contribution in [3.8, 4) is 16.9 Å². The van der Waals surface area contributed by atoms with Crippen molar-refractivity contribution in [1.82, 2.24) is 20.2 Å². The second kappa shape index (κ2) is 11.1. The molecule has 0 fully saturated rings. The van der Waals surface area contributed by atoms with E-state index in [0.717, 1.165) is 16.7 Å². The molecule has 0 aliphatic heterocycles. The molecular formula is C26H27N5O4S. The summed E-state index contributed by atoms with van der Waals surface area (Å²) in [6.45, 7) is 8.16. The first-order chi connectivity index (χ1) is 17.4. The summed E-state index contributed by atoms with van der Waals surface area (Å²) < 4.78 is 12.7. The predicted octanol–water partition coefficient (Wildman–Crippen LogP) is 5.30. The number of aromatic nitrogens is 4. The van der Waals surface area contributed by atoms with Crippen LogP contribution in [0.15, 0.2) is 53.9 Å². The van der Waals surface area contributed by atoms with Crippen molar-refractivity contribution in [1.29, 1.82) is 0 Å². The van der Waals surface area contributed by atoms with Crippen molar-refractivity contribution < 1.29 is 19.1 Å². The number of benzene rings is 2. The first-order valence-corrected chi connectivity index (χ1v) is 12.4. The Morgan fingerprint density at radius 1 is 1.08 bits per heavy atom. The second-order valence-corrected chi connectivity index (χ2v) is 9.22. The molecule has 9 nitrogen and oxygen atoms in total. The van der Waals surface area contributed by atoms with E-state index in [0.29, 0.717) is 27.7 Å². The molecule has 0 saturated heterocycles. The van der Waals surface area contributed by atoms with Crippen molar-refractivity contribution >= 4 is 28.2 Å². The van der Waals surface area contributed by atoms with Gasteiger partial charge in [0.05, 0.1) is 12.6 Å². The number of thiophene rings is 1. The van der Waals surface area contributed by atoms with Crippen LogP contribution in [0.1, 0.15) is 58.9 Å². The Kier molecular flexibility index (Phi) is 7.74. The van der Waals surface area contributed by atoms with Gasteiger partial charge < -0.3 is 14.8 Å². The third-order valence-corrected chi connectivity index (χ3v) is 6.29. The number of carbonyl (C=O) groups excluding carboxylic acids is 2. The summed E-state index contributed by atoms with van der Waals surface area (Å²) in [5.74, 6) is 0.375. The van der Waals surface area contributed by atoms with E-state index in [1.165, 1.54) is 11.3 Å². The SMILES string of the molecule is CCOC(=O)c1c(-c2ccc(C)cc2)csc1NC(=O)c1ccc(OCc2nnnn2C(C)C)cc1. The van der Waals surface area contributed by atoms with E-state index in [-0.39, 0.29) is 25.2 Å². The molecule has 0 saturated carbocycles. The molecule has 4 aromatic rings. The van der Waals surface area contributed by atoms with Gasteiger partial charge in [0.1, 0.15) is 22.9 Å². The Hall–Kier alpha value is -4.05. The fraction of sp³-hybridized carbons (Fsp3) is 0.269. The van der Waals surface area contributed by atoms with Crippen LogP contribution in [0.3, 0.4) is 0 Å². The summed E-state index contributed by atoms with van der Waals surface area (Å²) in [4.78, 5) is 25.8. The van der Waals surface area contributed by atoms with Crippen molar-refractivity contribution in [2.45, 2.75) is 40.3 Å². The number of ether oxygens (including phenoxy) is 2. The predicted molar refractivity (Wildman–Crippen MR) is 137 cm³/mol. The van der Waals surface area contributed by atoms with Gasteiger partial charge in [0.15, 0.2) is 5.82 Å². The van der Waals surface area contributed by atoms with Crippen LogP contribution in [-0.4, -0.2) is 38.7 Å². The van der Waals surface area contributed by atoms with E-state index in [1.54, 1.807) is 35.9 Å². The quantitative estimate of drug-likeness (QED) is 0.308. The number of tetrazole rings is 1. The maximum absolute atomic E-state index is 13.0. The Bertz CT molecular complexity index is 1340. The van der Waals surface area contributed by atoms with Crippen LogP contribution in [0.4, 0.5) is 5.00 Å². The molecule has 186 valence electrons. The number of nitrogens with zero attached hydrogens (tertiary/aromatic N) is 4.